The van der Waals surface area contributed by atoms with E-state index in [1.165, 1.54) is 6.20 Å². The number of carbonyl (C=O) groups is 1. The molecule has 4 aromatic rings. The Morgan fingerprint density at radius 3 is 3.03 bits per heavy atom. The number of aromatic nitrogens is 5. The molecule has 1 N–H and O–H groups in total. The highest BCUT2D eigenvalue weighted by molar-refractivity contribution is 5.93. The standard InChI is InChI=1S/C20H18N6O4/c1-11-6-21-20-22-7-15(26(20)8-11)18(27)23-14-9-29-16-5-12(3-4-13(14)16)19-25-24-17(30-19)10-28-2/h3-8,14H,9-10H2,1-2H3,(H,23,27)/t14-/m1/s1. The summed E-state index contributed by atoms with van der Waals surface area (Å²) in [4.78, 5) is 21.3. The molecule has 10 heteroatoms. The van der Waals surface area contributed by atoms with Crippen molar-refractivity contribution in [3.8, 4) is 17.2 Å². The molecule has 0 radical (unpaired) electrons. The summed E-state index contributed by atoms with van der Waals surface area (Å²) in [6.07, 6.45) is 5.06. The van der Waals surface area contributed by atoms with Crippen LogP contribution in [0.2, 0.25) is 0 Å². The molecule has 0 spiro atoms. The number of rotatable bonds is 5. The van der Waals surface area contributed by atoms with Crippen molar-refractivity contribution in [2.24, 2.45) is 0 Å². The molecular formula is C20H18N6O4. The molecule has 30 heavy (non-hydrogen) atoms. The first kappa shape index (κ1) is 18.3. The van der Waals surface area contributed by atoms with Gasteiger partial charge >= 0.3 is 0 Å². The zero-order valence-electron chi connectivity index (χ0n) is 16.3. The number of methoxy groups -OCH3 is 1. The molecule has 1 aliphatic rings. The minimum Gasteiger partial charge on any atom is -0.491 e. The Morgan fingerprint density at radius 2 is 2.17 bits per heavy atom. The van der Waals surface area contributed by atoms with E-state index in [1.54, 1.807) is 17.7 Å². The van der Waals surface area contributed by atoms with Gasteiger partial charge in [0.2, 0.25) is 17.6 Å². The van der Waals surface area contributed by atoms with E-state index >= 15 is 0 Å². The maximum Gasteiger partial charge on any atom is 0.270 e. The first-order valence-corrected chi connectivity index (χ1v) is 9.31. The van der Waals surface area contributed by atoms with Crippen LogP contribution in [0.4, 0.5) is 0 Å². The average Bonchev–Trinajstić information content (AvgIpc) is 3.46. The van der Waals surface area contributed by atoms with E-state index in [-0.39, 0.29) is 18.6 Å². The summed E-state index contributed by atoms with van der Waals surface area (Å²) in [5, 5.41) is 11.0. The van der Waals surface area contributed by atoms with E-state index in [4.69, 9.17) is 13.9 Å². The lowest BCUT2D eigenvalue weighted by Crippen LogP contribution is -2.30. The Bertz CT molecular complexity index is 1250. The van der Waals surface area contributed by atoms with Crippen molar-refractivity contribution in [3.05, 3.63) is 59.5 Å². The van der Waals surface area contributed by atoms with Crippen LogP contribution in [0.3, 0.4) is 0 Å². The lowest BCUT2D eigenvalue weighted by molar-refractivity contribution is 0.0924. The van der Waals surface area contributed by atoms with Gasteiger partial charge in [0.25, 0.3) is 5.91 Å². The van der Waals surface area contributed by atoms with Crippen LogP contribution in [0.5, 0.6) is 5.75 Å². The SMILES string of the molecule is COCc1nnc(-c2ccc3c(c2)OC[C@H]3NC(=O)c2cnc3ncc(C)cn23)o1. The summed E-state index contributed by atoms with van der Waals surface area (Å²) >= 11 is 0. The molecule has 0 saturated carbocycles. The zero-order valence-corrected chi connectivity index (χ0v) is 16.3. The van der Waals surface area contributed by atoms with Gasteiger partial charge in [0.15, 0.2) is 0 Å². The predicted molar refractivity (Wildman–Crippen MR) is 104 cm³/mol. The minimum absolute atomic E-state index is 0.249. The summed E-state index contributed by atoms with van der Waals surface area (Å²) in [7, 11) is 1.56. The van der Waals surface area contributed by atoms with E-state index in [9.17, 15) is 4.79 Å². The molecule has 0 fully saturated rings. The summed E-state index contributed by atoms with van der Waals surface area (Å²) in [6, 6.07) is 5.30. The van der Waals surface area contributed by atoms with E-state index in [2.05, 4.69) is 25.5 Å². The molecule has 0 unspecified atom stereocenters. The number of ether oxygens (including phenoxy) is 2. The topological polar surface area (TPSA) is 117 Å². The van der Waals surface area contributed by atoms with Crippen molar-refractivity contribution in [2.45, 2.75) is 19.6 Å². The van der Waals surface area contributed by atoms with Crippen LogP contribution in [0, 0.1) is 6.92 Å². The van der Waals surface area contributed by atoms with E-state index in [0.717, 1.165) is 16.7 Å². The minimum atomic E-state index is -0.281. The molecule has 0 aliphatic carbocycles. The number of hydrogen-bond donors (Lipinski definition) is 1. The molecule has 5 rings (SSSR count). The number of amides is 1. The van der Waals surface area contributed by atoms with Crippen LogP contribution in [0.25, 0.3) is 17.2 Å². The molecule has 1 aromatic carbocycles. The summed E-state index contributed by atoms with van der Waals surface area (Å²) < 4.78 is 18.0. The number of nitrogens with zero attached hydrogens (tertiary/aromatic N) is 5. The number of hydrogen-bond acceptors (Lipinski definition) is 8. The monoisotopic (exact) mass is 406 g/mol. The fourth-order valence-electron chi connectivity index (χ4n) is 3.39. The van der Waals surface area contributed by atoms with Gasteiger partial charge in [0.1, 0.15) is 24.7 Å². The molecule has 0 bridgehead atoms. The average molecular weight is 406 g/mol. The highest BCUT2D eigenvalue weighted by atomic mass is 16.5. The van der Waals surface area contributed by atoms with Gasteiger partial charge in [0.05, 0.1) is 12.2 Å². The summed E-state index contributed by atoms with van der Waals surface area (Å²) in [6.45, 7) is 2.49. The van der Waals surface area contributed by atoms with Crippen molar-refractivity contribution in [1.82, 2.24) is 29.9 Å². The van der Waals surface area contributed by atoms with Crippen molar-refractivity contribution >= 4 is 11.7 Å². The normalized spacial score (nSPS) is 15.2. The van der Waals surface area contributed by atoms with Crippen molar-refractivity contribution in [3.63, 3.8) is 0 Å². The van der Waals surface area contributed by atoms with Gasteiger partial charge in [-0.15, -0.1) is 10.2 Å². The van der Waals surface area contributed by atoms with Crippen LogP contribution in [-0.4, -0.2) is 44.2 Å². The smallest absolute Gasteiger partial charge is 0.270 e. The van der Waals surface area contributed by atoms with Crippen LogP contribution in [0.15, 0.2) is 41.2 Å². The Kier molecular flexibility index (Phi) is 4.40. The van der Waals surface area contributed by atoms with Crippen LogP contribution in [0.1, 0.15) is 33.5 Å². The van der Waals surface area contributed by atoms with Gasteiger partial charge in [-0.1, -0.05) is 6.07 Å². The van der Waals surface area contributed by atoms with Crippen molar-refractivity contribution in [1.29, 1.82) is 0 Å². The Hall–Kier alpha value is -3.79. The lowest BCUT2D eigenvalue weighted by atomic mass is 10.1. The van der Waals surface area contributed by atoms with Gasteiger partial charge in [-0.2, -0.15) is 0 Å². The molecule has 0 saturated heterocycles. The van der Waals surface area contributed by atoms with Gasteiger partial charge in [0, 0.05) is 30.6 Å². The first-order chi connectivity index (χ1) is 14.6. The zero-order chi connectivity index (χ0) is 20.7. The van der Waals surface area contributed by atoms with Gasteiger partial charge in [-0.25, -0.2) is 9.97 Å². The first-order valence-electron chi connectivity index (χ1n) is 9.31. The van der Waals surface area contributed by atoms with E-state index in [0.29, 0.717) is 35.6 Å². The number of fused-ring (bicyclic) bond motifs is 2. The highest BCUT2D eigenvalue weighted by Gasteiger charge is 2.28. The van der Waals surface area contributed by atoms with Crippen LogP contribution < -0.4 is 10.1 Å². The highest BCUT2D eigenvalue weighted by Crippen LogP contribution is 2.35. The second-order valence-electron chi connectivity index (χ2n) is 6.97. The fraction of sp³-hybridized carbons (Fsp3) is 0.250. The van der Waals surface area contributed by atoms with Gasteiger partial charge in [-0.3, -0.25) is 9.20 Å². The molecule has 4 heterocycles. The largest absolute Gasteiger partial charge is 0.491 e. The molecule has 10 nitrogen and oxygen atoms in total. The van der Waals surface area contributed by atoms with Crippen LogP contribution >= 0.6 is 0 Å². The second-order valence-corrected chi connectivity index (χ2v) is 6.97. The van der Waals surface area contributed by atoms with Crippen LogP contribution in [-0.2, 0) is 11.3 Å². The Labute approximate surface area is 170 Å². The van der Waals surface area contributed by atoms with Crippen molar-refractivity contribution in [2.75, 3.05) is 13.7 Å². The Morgan fingerprint density at radius 1 is 1.30 bits per heavy atom. The molecule has 3 aromatic heterocycles. The Balaban J connectivity index is 1.36. The molecular weight excluding hydrogens is 388 g/mol. The van der Waals surface area contributed by atoms with E-state index in [1.807, 2.05) is 31.3 Å². The number of carbonyl (C=O) groups excluding carboxylic acids is 1. The molecule has 1 aliphatic heterocycles. The quantitative estimate of drug-likeness (QED) is 0.536. The number of nitrogens with one attached hydrogen (secondary N) is 1. The summed E-state index contributed by atoms with van der Waals surface area (Å²) in [5.74, 6) is 1.68. The second kappa shape index (κ2) is 7.23. The maximum absolute atomic E-state index is 12.8. The summed E-state index contributed by atoms with van der Waals surface area (Å²) in [5.41, 5.74) is 2.97. The predicted octanol–water partition coefficient (Wildman–Crippen LogP) is 2.10. The lowest BCUT2D eigenvalue weighted by Gasteiger charge is -2.11. The maximum atomic E-state index is 12.8. The number of benzene rings is 1. The van der Waals surface area contributed by atoms with Gasteiger partial charge < -0.3 is 19.2 Å². The van der Waals surface area contributed by atoms with E-state index < -0.39 is 0 Å². The number of imidazole rings is 1. The third kappa shape index (κ3) is 3.16. The van der Waals surface area contributed by atoms with Crippen molar-refractivity contribution < 1.29 is 18.7 Å². The third-order valence-corrected chi connectivity index (χ3v) is 4.81. The molecule has 1 amide bonds. The third-order valence-electron chi connectivity index (χ3n) is 4.81. The fourth-order valence-corrected chi connectivity index (χ4v) is 3.39. The molecule has 1 atom stereocenters. The number of aryl methyl sites for hydroxylation is 1. The van der Waals surface area contributed by atoms with Gasteiger partial charge in [-0.05, 0) is 24.6 Å². The molecule has 152 valence electrons.